The molecule has 1 heterocycles. The summed E-state index contributed by atoms with van der Waals surface area (Å²) >= 11 is 0. The van der Waals surface area contributed by atoms with Crippen LogP contribution >= 0.6 is 7.53 Å². The molecule has 1 nitrogen and oxygen atoms in total. The van der Waals surface area contributed by atoms with Crippen molar-refractivity contribution in [2.45, 2.75) is 39.3 Å². The fraction of sp³-hybridized carbons (Fsp3) is 0.600. The van der Waals surface area contributed by atoms with Gasteiger partial charge in [-0.25, -0.2) is 0 Å². The van der Waals surface area contributed by atoms with Crippen molar-refractivity contribution in [1.29, 1.82) is 0 Å². The number of nitrogen functional groups attached to an aromatic ring is 1. The molecule has 2 N–H and O–H groups in total. The molecule has 12 heavy (non-hydrogen) atoms. The molecule has 2 heteroatoms. The number of nitrogens with two attached hydrogens (primary N) is 1. The number of aryl methyl sites for hydroxylation is 2. The molecule has 0 aliphatic carbocycles. The Morgan fingerprint density at radius 2 is 2.08 bits per heavy atom. The van der Waals surface area contributed by atoms with Gasteiger partial charge >= 0.3 is 0 Å². The third kappa shape index (κ3) is 2.04. The molecular formula is C10H18NP. The third-order valence-corrected chi connectivity index (χ3v) is 4.42. The van der Waals surface area contributed by atoms with Gasteiger partial charge in [0.1, 0.15) is 0 Å². The summed E-state index contributed by atoms with van der Waals surface area (Å²) in [6.07, 6.45) is 4.88. The van der Waals surface area contributed by atoms with E-state index in [0.717, 1.165) is 6.42 Å². The van der Waals surface area contributed by atoms with Gasteiger partial charge in [0.25, 0.3) is 0 Å². The van der Waals surface area contributed by atoms with E-state index >= 15 is 0 Å². The Morgan fingerprint density at radius 3 is 2.67 bits per heavy atom. The predicted octanol–water partition coefficient (Wildman–Crippen LogP) is 3.62. The molecule has 1 rings (SSSR count). The first-order chi connectivity index (χ1) is 5.79. The van der Waals surface area contributed by atoms with Crippen molar-refractivity contribution in [3.8, 4) is 0 Å². The summed E-state index contributed by atoms with van der Waals surface area (Å²) in [6, 6.07) is 2.24. The second-order valence-electron chi connectivity index (χ2n) is 3.17. The SMILES string of the molecule is CCCc1ccp(CCC)c1N. The smallest absolute Gasteiger partial charge is 0.0541 e. The molecule has 0 bridgehead atoms. The van der Waals surface area contributed by atoms with Crippen LogP contribution in [0.3, 0.4) is 0 Å². The largest absolute Gasteiger partial charge is 0.395 e. The monoisotopic (exact) mass is 183 g/mol. The van der Waals surface area contributed by atoms with Crippen molar-refractivity contribution in [3.05, 3.63) is 17.4 Å². The van der Waals surface area contributed by atoms with Crippen molar-refractivity contribution in [1.82, 2.24) is 0 Å². The van der Waals surface area contributed by atoms with E-state index in [2.05, 4.69) is 25.7 Å². The standard InChI is InChI=1S/C10H18NP/c1-3-5-9-6-8-12(7-4-2)10(9)11/h6,8H,3-5,7,11H2,1-2H3. The quantitative estimate of drug-likeness (QED) is 0.758. The van der Waals surface area contributed by atoms with Crippen LogP contribution in [0, 0.1) is 0 Å². The van der Waals surface area contributed by atoms with Crippen molar-refractivity contribution in [3.63, 3.8) is 0 Å². The molecule has 0 amide bonds. The van der Waals surface area contributed by atoms with Crippen molar-refractivity contribution in [2.24, 2.45) is 0 Å². The molecule has 1 aromatic rings. The lowest BCUT2D eigenvalue weighted by Crippen LogP contribution is -1.88. The lowest BCUT2D eigenvalue weighted by molar-refractivity contribution is 0.928. The van der Waals surface area contributed by atoms with Crippen LogP contribution in [0.4, 0.5) is 5.42 Å². The third-order valence-electron chi connectivity index (χ3n) is 2.08. The summed E-state index contributed by atoms with van der Waals surface area (Å²) in [5, 5.41) is 0. The molecule has 0 saturated heterocycles. The Hall–Kier alpha value is -0.420. The van der Waals surface area contributed by atoms with E-state index in [1.807, 2.05) is 0 Å². The summed E-state index contributed by atoms with van der Waals surface area (Å²) in [5.74, 6) is 2.32. The normalized spacial score (nSPS) is 12.0. The van der Waals surface area contributed by atoms with Gasteiger partial charge in [-0.05, 0) is 30.4 Å². The fourth-order valence-electron chi connectivity index (χ4n) is 1.45. The van der Waals surface area contributed by atoms with Gasteiger partial charge in [0.15, 0.2) is 0 Å². The van der Waals surface area contributed by atoms with Crippen LogP contribution in [0.5, 0.6) is 0 Å². The highest BCUT2D eigenvalue weighted by Crippen LogP contribution is 2.41. The van der Waals surface area contributed by atoms with Crippen molar-refractivity contribution >= 4 is 13.0 Å². The first kappa shape index (κ1) is 9.67. The summed E-state index contributed by atoms with van der Waals surface area (Å²) in [6.45, 7) is 4.43. The van der Waals surface area contributed by atoms with Crippen LogP contribution < -0.4 is 5.73 Å². The molecule has 68 valence electrons. The Labute approximate surface area is 76.0 Å². The number of hydrogen-bond donors (Lipinski definition) is 1. The van der Waals surface area contributed by atoms with E-state index in [4.69, 9.17) is 5.73 Å². The lowest BCUT2D eigenvalue weighted by Gasteiger charge is -2.00. The van der Waals surface area contributed by atoms with Gasteiger partial charge in [0, 0.05) is 0 Å². The average molecular weight is 183 g/mol. The van der Waals surface area contributed by atoms with Gasteiger partial charge in [-0.3, -0.25) is 0 Å². The van der Waals surface area contributed by atoms with Gasteiger partial charge in [-0.1, -0.05) is 26.3 Å². The second kappa shape index (κ2) is 4.57. The first-order valence-corrected chi connectivity index (χ1v) is 6.32. The minimum atomic E-state index is -0.0804. The zero-order chi connectivity index (χ0) is 8.97. The Balaban J connectivity index is 2.74. The number of anilines is 1. The summed E-state index contributed by atoms with van der Waals surface area (Å²) in [7, 11) is -0.0804. The van der Waals surface area contributed by atoms with Crippen molar-refractivity contribution < 1.29 is 0 Å². The summed E-state index contributed by atoms with van der Waals surface area (Å²) in [5.41, 5.74) is 8.63. The molecular weight excluding hydrogens is 165 g/mol. The zero-order valence-corrected chi connectivity index (χ0v) is 8.90. The van der Waals surface area contributed by atoms with Crippen LogP contribution in [0.1, 0.15) is 32.3 Å². The lowest BCUT2D eigenvalue weighted by atomic mass is 10.2. The van der Waals surface area contributed by atoms with E-state index in [9.17, 15) is 0 Å². The van der Waals surface area contributed by atoms with Crippen LogP contribution in [0.15, 0.2) is 11.9 Å². The molecule has 0 saturated carbocycles. The molecule has 0 spiro atoms. The predicted molar refractivity (Wildman–Crippen MR) is 57.8 cm³/mol. The highest BCUT2D eigenvalue weighted by Gasteiger charge is 2.03. The molecule has 0 fully saturated rings. The van der Waals surface area contributed by atoms with E-state index in [1.54, 1.807) is 0 Å². The van der Waals surface area contributed by atoms with E-state index in [0.29, 0.717) is 0 Å². The maximum Gasteiger partial charge on any atom is 0.0541 e. The molecule has 1 unspecified atom stereocenters. The molecule has 0 radical (unpaired) electrons. The second-order valence-corrected chi connectivity index (χ2v) is 5.34. The van der Waals surface area contributed by atoms with E-state index in [-0.39, 0.29) is 7.53 Å². The molecule has 1 aromatic heterocycles. The summed E-state index contributed by atoms with van der Waals surface area (Å²) < 4.78 is 0. The average Bonchev–Trinajstić information content (AvgIpc) is 2.38. The maximum absolute atomic E-state index is 6.04. The highest BCUT2D eigenvalue weighted by atomic mass is 31.1. The molecule has 0 aromatic carbocycles. The van der Waals surface area contributed by atoms with Crippen LogP contribution in [-0.2, 0) is 12.6 Å². The zero-order valence-electron chi connectivity index (χ0n) is 8.01. The van der Waals surface area contributed by atoms with Gasteiger partial charge < -0.3 is 5.73 Å². The van der Waals surface area contributed by atoms with Gasteiger partial charge in [-0.15, -0.1) is 7.53 Å². The van der Waals surface area contributed by atoms with E-state index < -0.39 is 0 Å². The van der Waals surface area contributed by atoms with Crippen molar-refractivity contribution in [2.75, 3.05) is 5.73 Å². The summed E-state index contributed by atoms with van der Waals surface area (Å²) in [4.78, 5) is 0. The number of rotatable bonds is 4. The topological polar surface area (TPSA) is 26.0 Å². The minimum Gasteiger partial charge on any atom is -0.395 e. The fourth-order valence-corrected chi connectivity index (χ4v) is 3.39. The van der Waals surface area contributed by atoms with Crippen LogP contribution in [-0.4, -0.2) is 0 Å². The van der Waals surface area contributed by atoms with E-state index in [1.165, 1.54) is 30.0 Å². The first-order valence-electron chi connectivity index (χ1n) is 4.73. The molecule has 0 aliphatic heterocycles. The number of hydrogen-bond acceptors (Lipinski definition) is 1. The maximum atomic E-state index is 6.04. The highest BCUT2D eigenvalue weighted by molar-refractivity contribution is 7.52. The van der Waals surface area contributed by atoms with Crippen LogP contribution in [0.25, 0.3) is 0 Å². The van der Waals surface area contributed by atoms with Gasteiger partial charge in [-0.2, -0.15) is 0 Å². The molecule has 1 atom stereocenters. The Kier molecular flexibility index (Phi) is 3.68. The Morgan fingerprint density at radius 1 is 1.33 bits per heavy atom. The van der Waals surface area contributed by atoms with Crippen LogP contribution in [0.2, 0.25) is 0 Å². The molecule has 0 aliphatic rings. The Bertz CT molecular complexity index is 216. The van der Waals surface area contributed by atoms with Gasteiger partial charge in [0.2, 0.25) is 0 Å². The minimum absolute atomic E-state index is 0.0804. The van der Waals surface area contributed by atoms with Gasteiger partial charge in [0.05, 0.1) is 5.42 Å².